The van der Waals surface area contributed by atoms with Crippen LogP contribution in [0.25, 0.3) is 11.2 Å². The van der Waals surface area contributed by atoms with E-state index in [0.29, 0.717) is 42.4 Å². The first-order chi connectivity index (χ1) is 13.2. The number of carbonyl (C=O) groups excluding carboxylic acids is 1. The standard InChI is InChI=1S/C16H20N8O3/c1-27-11-5-3-10(4-6-11)21-15-22-13(12-14(23-15)20-9-19-12)17-7-2-8-18-16(25)24-26/h3-6,9,26H,2,7-8H2,1H3,(H2,18,24,25)(H3,17,19,20,21,22,23). The lowest BCUT2D eigenvalue weighted by atomic mass is 10.3. The molecule has 3 aromatic rings. The van der Waals surface area contributed by atoms with Crippen LogP contribution < -0.4 is 26.2 Å². The topological polar surface area (TPSA) is 149 Å². The smallest absolute Gasteiger partial charge is 0.338 e. The number of aromatic amines is 1. The number of fused-ring (bicyclic) bond motifs is 1. The van der Waals surface area contributed by atoms with E-state index in [2.05, 4.69) is 35.9 Å². The van der Waals surface area contributed by atoms with E-state index in [9.17, 15) is 4.79 Å². The van der Waals surface area contributed by atoms with Crippen molar-refractivity contribution in [3.8, 4) is 5.75 Å². The summed E-state index contributed by atoms with van der Waals surface area (Å²) < 4.78 is 5.14. The van der Waals surface area contributed by atoms with Crippen LogP contribution in [-0.4, -0.2) is 51.4 Å². The highest BCUT2D eigenvalue weighted by Gasteiger charge is 2.10. The second kappa shape index (κ2) is 8.67. The lowest BCUT2D eigenvalue weighted by Gasteiger charge is -2.10. The van der Waals surface area contributed by atoms with Crippen LogP contribution in [0.15, 0.2) is 30.6 Å². The molecule has 0 aliphatic heterocycles. The number of amides is 2. The third-order valence-electron chi connectivity index (χ3n) is 3.66. The predicted octanol–water partition coefficient (Wildman–Crippen LogP) is 1.60. The van der Waals surface area contributed by atoms with Gasteiger partial charge in [0, 0.05) is 18.8 Å². The minimum atomic E-state index is -0.640. The molecule has 0 aliphatic rings. The number of urea groups is 1. The first-order valence-electron chi connectivity index (χ1n) is 8.23. The van der Waals surface area contributed by atoms with Crippen molar-refractivity contribution in [3.05, 3.63) is 30.6 Å². The Bertz CT molecular complexity index is 896. The second-order valence-corrected chi connectivity index (χ2v) is 5.50. The summed E-state index contributed by atoms with van der Waals surface area (Å²) in [7, 11) is 1.61. The zero-order valence-electron chi connectivity index (χ0n) is 14.6. The van der Waals surface area contributed by atoms with E-state index in [1.807, 2.05) is 24.3 Å². The van der Waals surface area contributed by atoms with Gasteiger partial charge in [-0.05, 0) is 30.7 Å². The largest absolute Gasteiger partial charge is 0.497 e. The summed E-state index contributed by atoms with van der Waals surface area (Å²) in [5.41, 5.74) is 3.55. The molecular formula is C16H20N8O3. The summed E-state index contributed by atoms with van der Waals surface area (Å²) in [6, 6.07) is 6.76. The van der Waals surface area contributed by atoms with Gasteiger partial charge in [-0.3, -0.25) is 5.21 Å². The number of hydroxylamine groups is 1. The van der Waals surface area contributed by atoms with Crippen molar-refractivity contribution in [3.63, 3.8) is 0 Å². The van der Waals surface area contributed by atoms with Gasteiger partial charge in [-0.1, -0.05) is 0 Å². The maximum absolute atomic E-state index is 10.9. The lowest BCUT2D eigenvalue weighted by Crippen LogP contribution is -2.34. The molecule has 2 amide bonds. The van der Waals surface area contributed by atoms with Crippen molar-refractivity contribution in [1.82, 2.24) is 30.7 Å². The number of carbonyl (C=O) groups is 1. The van der Waals surface area contributed by atoms with Gasteiger partial charge < -0.3 is 25.7 Å². The third-order valence-corrected chi connectivity index (χ3v) is 3.66. The molecule has 27 heavy (non-hydrogen) atoms. The number of nitrogens with one attached hydrogen (secondary N) is 5. The van der Waals surface area contributed by atoms with E-state index >= 15 is 0 Å². The van der Waals surface area contributed by atoms with Gasteiger partial charge in [0.05, 0.1) is 13.4 Å². The van der Waals surface area contributed by atoms with Crippen molar-refractivity contribution in [1.29, 1.82) is 0 Å². The molecule has 2 heterocycles. The van der Waals surface area contributed by atoms with Gasteiger partial charge >= 0.3 is 6.03 Å². The SMILES string of the molecule is COc1ccc(Nc2nc(NCCCNC(=O)NO)c3[nH]cnc3n2)cc1. The van der Waals surface area contributed by atoms with Crippen molar-refractivity contribution >= 4 is 34.6 Å². The Hall–Kier alpha value is -3.60. The fourth-order valence-electron chi connectivity index (χ4n) is 2.36. The van der Waals surface area contributed by atoms with Crippen LogP contribution in [0.1, 0.15) is 6.42 Å². The monoisotopic (exact) mass is 372 g/mol. The second-order valence-electron chi connectivity index (χ2n) is 5.50. The van der Waals surface area contributed by atoms with E-state index in [-0.39, 0.29) is 0 Å². The molecule has 0 bridgehead atoms. The zero-order valence-corrected chi connectivity index (χ0v) is 14.6. The molecular weight excluding hydrogens is 352 g/mol. The minimum absolute atomic E-state index is 0.396. The summed E-state index contributed by atoms with van der Waals surface area (Å²) in [6.07, 6.45) is 2.18. The number of ether oxygens (including phenoxy) is 1. The fraction of sp³-hybridized carbons (Fsp3) is 0.250. The molecule has 11 nitrogen and oxygen atoms in total. The summed E-state index contributed by atoms with van der Waals surface area (Å²) >= 11 is 0. The Balaban J connectivity index is 1.67. The molecule has 11 heteroatoms. The number of H-pyrrole nitrogens is 1. The van der Waals surface area contributed by atoms with Gasteiger partial charge in [0.1, 0.15) is 11.3 Å². The van der Waals surface area contributed by atoms with Gasteiger partial charge in [0.25, 0.3) is 0 Å². The van der Waals surface area contributed by atoms with Gasteiger partial charge in [0.15, 0.2) is 11.5 Å². The number of nitrogens with zero attached hydrogens (tertiary/aromatic N) is 3. The highest BCUT2D eigenvalue weighted by Crippen LogP contribution is 2.22. The van der Waals surface area contributed by atoms with Crippen LogP contribution in [0.3, 0.4) is 0 Å². The zero-order chi connectivity index (χ0) is 19.1. The number of anilines is 3. The first-order valence-corrected chi connectivity index (χ1v) is 8.23. The van der Waals surface area contributed by atoms with Gasteiger partial charge in [-0.25, -0.2) is 15.3 Å². The van der Waals surface area contributed by atoms with Crippen LogP contribution in [0.5, 0.6) is 5.75 Å². The molecule has 0 fully saturated rings. The maximum Gasteiger partial charge on any atom is 0.338 e. The average molecular weight is 372 g/mol. The van der Waals surface area contributed by atoms with E-state index in [1.165, 1.54) is 5.48 Å². The van der Waals surface area contributed by atoms with Crippen LogP contribution in [-0.2, 0) is 0 Å². The Kier molecular flexibility index (Phi) is 5.84. The average Bonchev–Trinajstić information content (AvgIpc) is 3.16. The molecule has 1 aromatic carbocycles. The van der Waals surface area contributed by atoms with Crippen LogP contribution in [0.2, 0.25) is 0 Å². The van der Waals surface area contributed by atoms with E-state index in [1.54, 1.807) is 13.4 Å². The highest BCUT2D eigenvalue weighted by atomic mass is 16.5. The van der Waals surface area contributed by atoms with E-state index < -0.39 is 6.03 Å². The fourth-order valence-corrected chi connectivity index (χ4v) is 2.36. The summed E-state index contributed by atoms with van der Waals surface area (Å²) in [5.74, 6) is 1.76. The molecule has 0 spiro atoms. The summed E-state index contributed by atoms with van der Waals surface area (Å²) in [4.78, 5) is 27.0. The number of rotatable bonds is 8. The third kappa shape index (κ3) is 4.73. The lowest BCUT2D eigenvalue weighted by molar-refractivity contribution is 0.162. The molecule has 2 aromatic heterocycles. The number of hydrogen-bond acceptors (Lipinski definition) is 8. The van der Waals surface area contributed by atoms with Crippen LogP contribution >= 0.6 is 0 Å². The van der Waals surface area contributed by atoms with Crippen molar-refractivity contribution in [2.24, 2.45) is 0 Å². The molecule has 0 aliphatic carbocycles. The number of methoxy groups -OCH3 is 1. The van der Waals surface area contributed by atoms with Gasteiger partial charge in [-0.15, -0.1) is 0 Å². The maximum atomic E-state index is 10.9. The van der Waals surface area contributed by atoms with E-state index in [0.717, 1.165) is 11.4 Å². The molecule has 0 saturated heterocycles. The van der Waals surface area contributed by atoms with Crippen molar-refractivity contribution < 1.29 is 14.7 Å². The van der Waals surface area contributed by atoms with Crippen molar-refractivity contribution in [2.45, 2.75) is 6.42 Å². The number of hydrogen-bond donors (Lipinski definition) is 6. The first kappa shape index (κ1) is 18.2. The Morgan fingerprint density at radius 1 is 1.22 bits per heavy atom. The molecule has 6 N–H and O–H groups in total. The van der Waals surface area contributed by atoms with Gasteiger partial charge in [0.2, 0.25) is 5.95 Å². The predicted molar refractivity (Wildman–Crippen MR) is 99.4 cm³/mol. The summed E-state index contributed by atoms with van der Waals surface area (Å²) in [6.45, 7) is 0.951. The molecule has 0 saturated carbocycles. The Labute approximate surface area is 154 Å². The van der Waals surface area contributed by atoms with Gasteiger partial charge in [-0.2, -0.15) is 9.97 Å². The molecule has 0 atom stereocenters. The quantitative estimate of drug-likeness (QED) is 0.198. The molecule has 142 valence electrons. The van der Waals surface area contributed by atoms with E-state index in [4.69, 9.17) is 9.94 Å². The minimum Gasteiger partial charge on any atom is -0.497 e. The van der Waals surface area contributed by atoms with Crippen LogP contribution in [0, 0.1) is 0 Å². The van der Waals surface area contributed by atoms with Crippen LogP contribution in [0.4, 0.5) is 22.2 Å². The molecule has 3 rings (SSSR count). The molecule has 0 radical (unpaired) electrons. The number of aromatic nitrogens is 4. The highest BCUT2D eigenvalue weighted by molar-refractivity contribution is 5.84. The number of imidazole rings is 1. The summed E-state index contributed by atoms with van der Waals surface area (Å²) in [5, 5.41) is 17.2. The Morgan fingerprint density at radius 2 is 2.04 bits per heavy atom. The normalized spacial score (nSPS) is 10.4. The Morgan fingerprint density at radius 3 is 2.78 bits per heavy atom. The number of benzene rings is 1. The molecule has 0 unspecified atom stereocenters. The van der Waals surface area contributed by atoms with Crippen molar-refractivity contribution in [2.75, 3.05) is 30.8 Å².